The van der Waals surface area contributed by atoms with Gasteiger partial charge in [-0.3, -0.25) is 4.79 Å². The molecule has 2 aromatic carbocycles. The van der Waals surface area contributed by atoms with Crippen molar-refractivity contribution in [3.63, 3.8) is 0 Å². The Morgan fingerprint density at radius 3 is 2.71 bits per heavy atom. The number of para-hydroxylation sites is 1. The summed E-state index contributed by atoms with van der Waals surface area (Å²) in [5, 5.41) is 12.0. The number of carboxylic acid groups (broad SMARTS) is 1. The zero-order valence-corrected chi connectivity index (χ0v) is 16.6. The standard InChI is InChI=1S/C19H17ClFNO5S/c1-25-14-5-3-4-9(18(14)26-2)17-10-6-11(20)12(21)7-13(10)22-19(28)15(27-17)8-16(23)24/h3-7,15,17H,8H2,1-2H3,(H,22,28)(H,23,24). The lowest BCUT2D eigenvalue weighted by molar-refractivity contribution is -0.139. The molecule has 2 unspecified atom stereocenters. The number of rotatable bonds is 5. The lowest BCUT2D eigenvalue weighted by Gasteiger charge is -2.24. The summed E-state index contributed by atoms with van der Waals surface area (Å²) in [4.78, 5) is 11.4. The maximum atomic E-state index is 14.1. The fourth-order valence-electron chi connectivity index (χ4n) is 3.06. The number of hydrogen-bond acceptors (Lipinski definition) is 5. The van der Waals surface area contributed by atoms with Crippen molar-refractivity contribution in [1.82, 2.24) is 0 Å². The number of benzene rings is 2. The molecule has 6 nitrogen and oxygen atoms in total. The Kier molecular flexibility index (Phi) is 6.02. The molecule has 0 aliphatic carbocycles. The van der Waals surface area contributed by atoms with Crippen molar-refractivity contribution >= 4 is 40.5 Å². The molecule has 1 heterocycles. The molecule has 1 aliphatic rings. The van der Waals surface area contributed by atoms with Crippen LogP contribution in [0.3, 0.4) is 0 Å². The molecule has 0 radical (unpaired) electrons. The molecular formula is C19H17ClFNO5S. The van der Waals surface area contributed by atoms with E-state index in [9.17, 15) is 14.3 Å². The first kappa shape index (κ1) is 20.3. The van der Waals surface area contributed by atoms with Crippen LogP contribution >= 0.6 is 23.8 Å². The van der Waals surface area contributed by atoms with E-state index in [1.54, 1.807) is 18.2 Å². The van der Waals surface area contributed by atoms with E-state index < -0.39 is 24.0 Å². The molecule has 2 atom stereocenters. The number of carboxylic acids is 1. The lowest BCUT2D eigenvalue weighted by Crippen LogP contribution is -2.30. The highest BCUT2D eigenvalue weighted by atomic mass is 35.5. The second kappa shape index (κ2) is 8.30. The zero-order valence-electron chi connectivity index (χ0n) is 15.0. The minimum atomic E-state index is -1.08. The lowest BCUT2D eigenvalue weighted by atomic mass is 9.98. The fraction of sp³-hybridized carbons (Fsp3) is 0.263. The van der Waals surface area contributed by atoms with E-state index in [4.69, 9.17) is 38.0 Å². The second-order valence-corrected chi connectivity index (χ2v) is 6.88. The van der Waals surface area contributed by atoms with Crippen LogP contribution in [0, 0.1) is 5.82 Å². The number of hydrogen-bond donors (Lipinski definition) is 2. The summed E-state index contributed by atoms with van der Waals surface area (Å²) < 4.78 is 31.0. The van der Waals surface area contributed by atoms with E-state index in [2.05, 4.69) is 5.32 Å². The van der Waals surface area contributed by atoms with Crippen LogP contribution in [0.1, 0.15) is 23.7 Å². The molecule has 2 aromatic rings. The third-order valence-corrected chi connectivity index (χ3v) is 4.96. The number of anilines is 1. The summed E-state index contributed by atoms with van der Waals surface area (Å²) in [6.07, 6.45) is -2.13. The summed E-state index contributed by atoms with van der Waals surface area (Å²) in [6, 6.07) is 7.84. The van der Waals surface area contributed by atoms with Crippen molar-refractivity contribution in [3.8, 4) is 11.5 Å². The Hall–Kier alpha value is -2.42. The van der Waals surface area contributed by atoms with Crippen LogP contribution in [0.25, 0.3) is 0 Å². The van der Waals surface area contributed by atoms with Crippen molar-refractivity contribution in [2.45, 2.75) is 18.6 Å². The predicted octanol–water partition coefficient (Wildman–Crippen LogP) is 4.20. The summed E-state index contributed by atoms with van der Waals surface area (Å²) >= 11 is 11.3. The van der Waals surface area contributed by atoms with Gasteiger partial charge in [0.05, 0.1) is 25.7 Å². The highest BCUT2D eigenvalue weighted by molar-refractivity contribution is 7.80. The molecule has 3 rings (SSSR count). The third kappa shape index (κ3) is 3.89. The maximum Gasteiger partial charge on any atom is 0.306 e. The minimum absolute atomic E-state index is 0.0985. The van der Waals surface area contributed by atoms with Crippen LogP contribution in [0.5, 0.6) is 11.5 Å². The Balaban J connectivity index is 2.21. The third-order valence-electron chi connectivity index (χ3n) is 4.30. The average Bonchev–Trinajstić information content (AvgIpc) is 2.78. The molecule has 0 bridgehead atoms. The average molecular weight is 426 g/mol. The molecule has 0 aromatic heterocycles. The van der Waals surface area contributed by atoms with Crippen LogP contribution in [0.4, 0.5) is 10.1 Å². The molecule has 1 aliphatic heterocycles. The number of aliphatic carboxylic acids is 1. The van der Waals surface area contributed by atoms with Crippen molar-refractivity contribution in [3.05, 3.63) is 52.3 Å². The number of halogens is 2. The van der Waals surface area contributed by atoms with Gasteiger partial charge >= 0.3 is 5.97 Å². The number of carbonyl (C=O) groups is 1. The van der Waals surface area contributed by atoms with Gasteiger partial charge in [0.25, 0.3) is 0 Å². The maximum absolute atomic E-state index is 14.1. The van der Waals surface area contributed by atoms with Crippen molar-refractivity contribution in [2.24, 2.45) is 0 Å². The summed E-state index contributed by atoms with van der Waals surface area (Å²) in [6.45, 7) is 0. The summed E-state index contributed by atoms with van der Waals surface area (Å²) in [7, 11) is 2.98. The van der Waals surface area contributed by atoms with Gasteiger partial charge in [0.1, 0.15) is 23.0 Å². The summed E-state index contributed by atoms with van der Waals surface area (Å²) in [5.41, 5.74) is 1.40. The number of nitrogens with one attached hydrogen (secondary N) is 1. The molecule has 0 spiro atoms. The van der Waals surface area contributed by atoms with Crippen LogP contribution < -0.4 is 14.8 Å². The van der Waals surface area contributed by atoms with Gasteiger partial charge < -0.3 is 24.6 Å². The first-order valence-electron chi connectivity index (χ1n) is 8.23. The smallest absolute Gasteiger partial charge is 0.306 e. The number of thiocarbonyl (C=S) groups is 1. The number of methoxy groups -OCH3 is 2. The molecule has 0 amide bonds. The number of fused-ring (bicyclic) bond motifs is 1. The van der Waals surface area contributed by atoms with E-state index in [1.807, 2.05) is 0 Å². The van der Waals surface area contributed by atoms with Crippen LogP contribution in [0.2, 0.25) is 5.02 Å². The van der Waals surface area contributed by atoms with Crippen molar-refractivity contribution in [2.75, 3.05) is 19.5 Å². The van der Waals surface area contributed by atoms with Gasteiger partial charge in [0.2, 0.25) is 0 Å². The minimum Gasteiger partial charge on any atom is -0.493 e. The van der Waals surface area contributed by atoms with E-state index in [0.29, 0.717) is 28.3 Å². The molecule has 0 fully saturated rings. The van der Waals surface area contributed by atoms with Crippen LogP contribution in [-0.2, 0) is 9.53 Å². The van der Waals surface area contributed by atoms with Gasteiger partial charge in [-0.05, 0) is 18.2 Å². The fourth-order valence-corrected chi connectivity index (χ4v) is 3.48. The van der Waals surface area contributed by atoms with E-state index in [0.717, 1.165) is 0 Å². The first-order chi connectivity index (χ1) is 13.3. The predicted molar refractivity (Wildman–Crippen MR) is 106 cm³/mol. The Labute approximate surface area is 171 Å². The number of ether oxygens (including phenoxy) is 3. The monoisotopic (exact) mass is 425 g/mol. The Morgan fingerprint density at radius 1 is 1.32 bits per heavy atom. The highest BCUT2D eigenvalue weighted by Gasteiger charge is 2.34. The van der Waals surface area contributed by atoms with Crippen molar-refractivity contribution < 1.29 is 28.5 Å². The summed E-state index contributed by atoms with van der Waals surface area (Å²) in [5.74, 6) is -0.847. The van der Waals surface area contributed by atoms with Crippen LogP contribution in [-0.4, -0.2) is 36.4 Å². The molecule has 148 valence electrons. The van der Waals surface area contributed by atoms with Gasteiger partial charge in [0, 0.05) is 16.8 Å². The molecule has 28 heavy (non-hydrogen) atoms. The van der Waals surface area contributed by atoms with Crippen molar-refractivity contribution in [1.29, 1.82) is 0 Å². The van der Waals surface area contributed by atoms with E-state index >= 15 is 0 Å². The molecule has 0 saturated heterocycles. The normalized spacial score (nSPS) is 18.6. The van der Waals surface area contributed by atoms with E-state index in [-0.39, 0.29) is 16.4 Å². The Bertz CT molecular complexity index is 939. The zero-order chi connectivity index (χ0) is 20.4. The molecule has 0 saturated carbocycles. The largest absolute Gasteiger partial charge is 0.493 e. The van der Waals surface area contributed by atoms with Gasteiger partial charge in [-0.25, -0.2) is 4.39 Å². The highest BCUT2D eigenvalue weighted by Crippen LogP contribution is 2.44. The van der Waals surface area contributed by atoms with Gasteiger partial charge in [0.15, 0.2) is 11.5 Å². The quantitative estimate of drug-likeness (QED) is 0.695. The van der Waals surface area contributed by atoms with Gasteiger partial charge in [-0.2, -0.15) is 0 Å². The Morgan fingerprint density at radius 2 is 2.07 bits per heavy atom. The first-order valence-corrected chi connectivity index (χ1v) is 9.02. The molecular weight excluding hydrogens is 409 g/mol. The van der Waals surface area contributed by atoms with Gasteiger partial charge in [-0.1, -0.05) is 36.0 Å². The van der Waals surface area contributed by atoms with Crippen LogP contribution in [0.15, 0.2) is 30.3 Å². The van der Waals surface area contributed by atoms with Gasteiger partial charge in [-0.15, -0.1) is 0 Å². The second-order valence-electron chi connectivity index (χ2n) is 6.03. The molecule has 2 N–H and O–H groups in total. The SMILES string of the molecule is COc1cccc(C2OC(CC(=O)O)C(=S)Nc3cc(F)c(Cl)cc32)c1OC. The molecule has 9 heteroatoms. The topological polar surface area (TPSA) is 77.0 Å². The van der Waals surface area contributed by atoms with E-state index in [1.165, 1.54) is 26.4 Å².